The zero-order valence-corrected chi connectivity index (χ0v) is 39.4. The summed E-state index contributed by atoms with van der Waals surface area (Å²) in [7, 11) is 0. The first-order valence-corrected chi connectivity index (χ1v) is 20.9. The van der Waals surface area contributed by atoms with Gasteiger partial charge in [0.15, 0.2) is 12.1 Å². The van der Waals surface area contributed by atoms with Crippen LogP contribution in [0.4, 0.5) is 0 Å². The number of imide groups is 4. The number of amides is 8. The number of hydrogen-bond donors (Lipinski definition) is 2. The third-order valence-corrected chi connectivity index (χ3v) is 11.8. The molecular formula is C41H31Br2N4NaO12S3. The molecule has 0 bridgehead atoms. The zero-order chi connectivity index (χ0) is 44.5. The van der Waals surface area contributed by atoms with Gasteiger partial charge in [-0.2, -0.15) is 4.90 Å². The van der Waals surface area contributed by atoms with Crippen LogP contribution in [0.5, 0.6) is 0 Å². The van der Waals surface area contributed by atoms with Crippen molar-refractivity contribution in [1.82, 2.24) is 19.6 Å². The van der Waals surface area contributed by atoms with Crippen LogP contribution in [-0.4, -0.2) is 114 Å². The maximum Gasteiger partial charge on any atom is 1.00 e. The van der Waals surface area contributed by atoms with Crippen LogP contribution in [-0.2, 0) is 60.6 Å². The number of carbonyl (C=O) groups excluding carboxylic acids is 8. The maximum absolute atomic E-state index is 12.9. The number of aliphatic carboxylic acids is 2. The van der Waals surface area contributed by atoms with E-state index < -0.39 is 84.4 Å². The molecule has 4 heterocycles. The van der Waals surface area contributed by atoms with Gasteiger partial charge in [-0.25, -0.2) is 9.59 Å². The summed E-state index contributed by atoms with van der Waals surface area (Å²) < 4.78 is -0.104. The summed E-state index contributed by atoms with van der Waals surface area (Å²) >= 11 is 12.6. The summed E-state index contributed by atoms with van der Waals surface area (Å²) in [5, 5.41) is 18.9. The molecule has 3 aromatic carbocycles. The van der Waals surface area contributed by atoms with Crippen LogP contribution in [0.15, 0.2) is 149 Å². The molecule has 7 rings (SSSR count). The summed E-state index contributed by atoms with van der Waals surface area (Å²) in [5.41, 5.74) is 0. The predicted octanol–water partition coefficient (Wildman–Crippen LogP) is 1.50. The second kappa shape index (κ2) is 23.6. The molecule has 3 aromatic rings. The van der Waals surface area contributed by atoms with Crippen molar-refractivity contribution in [3.8, 4) is 0 Å². The number of carboxylic acid groups (broad SMARTS) is 2. The van der Waals surface area contributed by atoms with Crippen molar-refractivity contribution < 1.29 is 87.7 Å². The molecule has 0 spiro atoms. The number of thioether (sulfide) groups is 2. The molecule has 0 fully saturated rings. The van der Waals surface area contributed by atoms with Crippen LogP contribution in [0.1, 0.15) is 7.43 Å². The van der Waals surface area contributed by atoms with Crippen molar-refractivity contribution >= 4 is 127 Å². The molecule has 4 aliphatic rings. The fourth-order valence-corrected chi connectivity index (χ4v) is 8.25. The second-order valence-electron chi connectivity index (χ2n) is 12.4. The molecule has 63 heavy (non-hydrogen) atoms. The fourth-order valence-electron chi connectivity index (χ4n) is 5.50. The Morgan fingerprint density at radius 2 is 0.873 bits per heavy atom. The van der Waals surface area contributed by atoms with Crippen molar-refractivity contribution in [2.24, 2.45) is 0 Å². The molecule has 2 unspecified atom stereocenters. The monoisotopic (exact) mass is 1050 g/mol. The van der Waals surface area contributed by atoms with Crippen molar-refractivity contribution in [3.63, 3.8) is 0 Å². The fraction of sp³-hybridized carbons (Fsp3) is 0.122. The predicted molar refractivity (Wildman–Crippen MR) is 234 cm³/mol. The van der Waals surface area contributed by atoms with E-state index in [1.54, 1.807) is 54.6 Å². The number of hydrogen-bond acceptors (Lipinski definition) is 13. The number of carboxylic acids is 2. The third-order valence-electron chi connectivity index (χ3n) is 8.36. The Labute approximate surface area is 412 Å². The molecule has 0 aromatic heterocycles. The topological polar surface area (TPSA) is 224 Å². The smallest absolute Gasteiger partial charge is 0.780 e. The quantitative estimate of drug-likeness (QED) is 0.149. The minimum absolute atomic E-state index is 0. The van der Waals surface area contributed by atoms with E-state index in [4.69, 9.17) is 12.6 Å². The van der Waals surface area contributed by atoms with E-state index in [1.165, 1.54) is 0 Å². The van der Waals surface area contributed by atoms with E-state index >= 15 is 0 Å². The van der Waals surface area contributed by atoms with Crippen LogP contribution in [0.25, 0.3) is 0 Å². The van der Waals surface area contributed by atoms with Gasteiger partial charge in [-0.05, 0) is 56.1 Å². The van der Waals surface area contributed by atoms with Crippen LogP contribution < -0.4 is 29.6 Å². The van der Waals surface area contributed by atoms with Gasteiger partial charge < -0.3 is 22.8 Å². The van der Waals surface area contributed by atoms with E-state index in [2.05, 4.69) is 31.9 Å². The Morgan fingerprint density at radius 1 is 0.524 bits per heavy atom. The first-order valence-electron chi connectivity index (χ1n) is 17.3. The first-order chi connectivity index (χ1) is 29.0. The van der Waals surface area contributed by atoms with Gasteiger partial charge in [0.2, 0.25) is 0 Å². The average molecular weight is 1050 g/mol. The first kappa shape index (κ1) is 52.3. The molecular weight excluding hydrogens is 1020 g/mol. The summed E-state index contributed by atoms with van der Waals surface area (Å²) in [4.78, 5) is 126. The van der Waals surface area contributed by atoms with E-state index in [1.807, 2.05) is 36.4 Å². The standard InChI is InChI=1S/C23H16N2O6S2.C11H6Br2N2O6.C6H6S.CH4.Na/c26-19-11-17(32-14-7-3-1-4-8-14)21(28)24(19)13-16(23(30)31)25-20(27)12-18(22(25)29)33-15-9-5-2-6-10-15;12-4-1-7(16)14(9(4)18)3-6(11(20)21)15-8(17)2-5(13)10(15)19;7-6-4-2-1-3-5-6;;/h1-12,16H,13H2,(H,30,31);1-2,6H,3H2,(H,20,21);1-5,7H;1H4;/q;;;;+1/p-1. The van der Waals surface area contributed by atoms with Gasteiger partial charge in [0, 0.05) is 34.1 Å². The van der Waals surface area contributed by atoms with E-state index in [-0.39, 0.29) is 55.8 Å². The van der Waals surface area contributed by atoms with Crippen LogP contribution in [0.3, 0.4) is 0 Å². The van der Waals surface area contributed by atoms with Crippen molar-refractivity contribution in [2.45, 2.75) is 34.2 Å². The molecule has 0 radical (unpaired) electrons. The van der Waals surface area contributed by atoms with Gasteiger partial charge in [-0.1, -0.05) is 97.7 Å². The summed E-state index contributed by atoms with van der Waals surface area (Å²) in [6.07, 6.45) is 4.11. The van der Waals surface area contributed by atoms with Gasteiger partial charge in [0.05, 0.1) is 31.9 Å². The minimum atomic E-state index is -1.71. The Bertz CT molecular complexity index is 2470. The third kappa shape index (κ3) is 13.0. The minimum Gasteiger partial charge on any atom is -0.780 e. The second-order valence-corrected chi connectivity index (χ2v) is 16.8. The number of halogens is 2. The number of nitrogens with zero attached hydrogens (tertiary/aromatic N) is 4. The normalized spacial score (nSPS) is 16.5. The zero-order valence-electron chi connectivity index (χ0n) is 31.8. The molecule has 4 aliphatic heterocycles. The maximum atomic E-state index is 12.9. The molecule has 2 atom stereocenters. The molecule has 8 amide bonds. The average Bonchev–Trinajstić information content (AvgIpc) is 3.84. The van der Waals surface area contributed by atoms with Gasteiger partial charge in [0.1, 0.15) is 0 Å². The summed E-state index contributed by atoms with van der Waals surface area (Å²) in [6.45, 7) is -1.26. The Kier molecular flexibility index (Phi) is 19.6. The number of benzene rings is 3. The molecule has 22 heteroatoms. The molecule has 2 N–H and O–H groups in total. The molecule has 16 nitrogen and oxygen atoms in total. The number of rotatable bonds is 12. The van der Waals surface area contributed by atoms with Gasteiger partial charge in [-0.15, -0.1) is 0 Å². The van der Waals surface area contributed by atoms with Gasteiger partial charge in [0.25, 0.3) is 47.3 Å². The van der Waals surface area contributed by atoms with Crippen molar-refractivity contribution in [3.05, 3.63) is 134 Å². The Balaban J connectivity index is 0.000000300. The van der Waals surface area contributed by atoms with Crippen molar-refractivity contribution in [2.75, 3.05) is 13.1 Å². The van der Waals surface area contributed by atoms with Crippen LogP contribution >= 0.6 is 55.4 Å². The summed E-state index contributed by atoms with van der Waals surface area (Å²) in [5.74, 6) is -9.08. The largest absolute Gasteiger partial charge is 1.00 e. The van der Waals surface area contributed by atoms with Gasteiger partial charge in [-0.3, -0.25) is 58.0 Å². The summed E-state index contributed by atoms with van der Waals surface area (Å²) in [6, 6.07) is 24.0. The Morgan fingerprint density at radius 3 is 1.25 bits per heavy atom. The van der Waals surface area contributed by atoms with Crippen LogP contribution in [0.2, 0.25) is 0 Å². The van der Waals surface area contributed by atoms with Gasteiger partial charge >= 0.3 is 41.5 Å². The van der Waals surface area contributed by atoms with E-state index in [9.17, 15) is 58.2 Å². The SMILES string of the molecule is C.O=C(O)C(CN1C(=O)C=C(Br)C1=O)N1C(=O)C=C(Br)C1=O.O=C(O)C(CN1C(=O)C=C(Sc2ccccc2)C1=O)N1C(=O)C=C(Sc2ccccc2)C1=O.[Na+].[S-]c1ccccc1. The number of carbonyl (C=O) groups is 10. The van der Waals surface area contributed by atoms with E-state index in [0.29, 0.717) is 19.6 Å². The Hall–Kier alpha value is -5.00. The molecule has 0 aliphatic carbocycles. The molecule has 320 valence electrons. The van der Waals surface area contributed by atoms with Crippen LogP contribution in [0, 0.1) is 0 Å². The van der Waals surface area contributed by atoms with Crippen molar-refractivity contribution in [1.29, 1.82) is 0 Å². The molecule has 0 saturated heterocycles. The van der Waals surface area contributed by atoms with E-state index in [0.717, 1.165) is 62.5 Å². The molecule has 0 saturated carbocycles.